The molecule has 7 nitrogen and oxygen atoms in total. The van der Waals surface area contributed by atoms with Gasteiger partial charge in [-0.1, -0.05) is 51.1 Å². The molecule has 1 aliphatic heterocycles. The van der Waals surface area contributed by atoms with Crippen LogP contribution in [0.25, 0.3) is 0 Å². The number of amides is 2. The monoisotopic (exact) mass is 463 g/mol. The molecule has 178 valence electrons. The van der Waals surface area contributed by atoms with Crippen molar-refractivity contribution in [3.63, 3.8) is 0 Å². The maximum Gasteiger partial charge on any atom is 0.417 e. The van der Waals surface area contributed by atoms with E-state index in [2.05, 4.69) is 33.9 Å². The van der Waals surface area contributed by atoms with E-state index in [1.807, 2.05) is 30.3 Å². The molecular formula is C24H37NO6Si. The number of benzene rings is 1. The van der Waals surface area contributed by atoms with E-state index in [0.29, 0.717) is 0 Å². The van der Waals surface area contributed by atoms with Gasteiger partial charge in [0.25, 0.3) is 5.91 Å². The molecule has 0 bridgehead atoms. The van der Waals surface area contributed by atoms with E-state index in [-0.39, 0.29) is 17.9 Å². The zero-order valence-corrected chi connectivity index (χ0v) is 21.8. The molecule has 2 atom stereocenters. The van der Waals surface area contributed by atoms with Crippen molar-refractivity contribution < 1.29 is 28.3 Å². The molecule has 0 aromatic heterocycles. The first-order chi connectivity index (χ1) is 14.5. The van der Waals surface area contributed by atoms with Gasteiger partial charge in [0, 0.05) is 12.8 Å². The van der Waals surface area contributed by atoms with Gasteiger partial charge < -0.3 is 13.9 Å². The van der Waals surface area contributed by atoms with Crippen LogP contribution in [0.3, 0.4) is 0 Å². The van der Waals surface area contributed by atoms with Gasteiger partial charge in [-0.15, -0.1) is 0 Å². The van der Waals surface area contributed by atoms with Gasteiger partial charge in [-0.05, 0) is 44.5 Å². The Morgan fingerprint density at radius 2 is 1.66 bits per heavy atom. The number of hydrogen-bond donors (Lipinski definition) is 0. The number of nitrogens with zero attached hydrogens (tertiary/aromatic N) is 1. The number of carbonyl (C=O) groups excluding carboxylic acids is 3. The molecular weight excluding hydrogens is 426 g/mol. The summed E-state index contributed by atoms with van der Waals surface area (Å²) in [5, 5.41) is -0.183. The number of imide groups is 1. The lowest BCUT2D eigenvalue weighted by Crippen LogP contribution is -2.55. The Kier molecular flexibility index (Phi) is 7.31. The van der Waals surface area contributed by atoms with Gasteiger partial charge in [-0.2, -0.15) is 0 Å². The van der Waals surface area contributed by atoms with Gasteiger partial charge in [0.15, 0.2) is 8.32 Å². The molecule has 0 saturated carbocycles. The van der Waals surface area contributed by atoms with Gasteiger partial charge in [-0.25, -0.2) is 14.5 Å². The summed E-state index contributed by atoms with van der Waals surface area (Å²) in [5.41, 5.74) is -1.32. The molecule has 1 fully saturated rings. The summed E-state index contributed by atoms with van der Waals surface area (Å²) in [7, 11) is -1.23. The molecule has 1 aliphatic rings. The number of rotatable bonds is 5. The quantitative estimate of drug-likeness (QED) is 0.465. The second-order valence-corrected chi connectivity index (χ2v) is 15.6. The van der Waals surface area contributed by atoms with Gasteiger partial charge in [0.1, 0.15) is 17.2 Å². The third kappa shape index (κ3) is 5.59. The van der Waals surface area contributed by atoms with Crippen molar-refractivity contribution in [2.24, 2.45) is 0 Å². The molecule has 0 N–H and O–H groups in total. The predicted octanol–water partition coefficient (Wildman–Crippen LogP) is 4.70. The highest BCUT2D eigenvalue weighted by atomic mass is 28.4. The molecule has 1 aromatic rings. The minimum Gasteiger partial charge on any atom is -0.467 e. The van der Waals surface area contributed by atoms with Crippen LogP contribution in [0.4, 0.5) is 4.79 Å². The van der Waals surface area contributed by atoms with Crippen molar-refractivity contribution in [3.8, 4) is 0 Å². The highest BCUT2D eigenvalue weighted by Gasteiger charge is 2.61. The highest BCUT2D eigenvalue weighted by Crippen LogP contribution is 2.45. The van der Waals surface area contributed by atoms with E-state index in [0.717, 1.165) is 10.5 Å². The highest BCUT2D eigenvalue weighted by molar-refractivity contribution is 6.74. The van der Waals surface area contributed by atoms with Crippen molar-refractivity contribution in [3.05, 3.63) is 35.9 Å². The van der Waals surface area contributed by atoms with E-state index in [9.17, 15) is 14.4 Å². The van der Waals surface area contributed by atoms with Crippen LogP contribution in [0.15, 0.2) is 30.3 Å². The lowest BCUT2D eigenvalue weighted by Gasteiger charge is -2.43. The largest absolute Gasteiger partial charge is 0.467 e. The molecule has 0 spiro atoms. The molecule has 0 radical (unpaired) electrons. The maximum absolute atomic E-state index is 13.9. The van der Waals surface area contributed by atoms with Crippen LogP contribution in [0, 0.1) is 0 Å². The van der Waals surface area contributed by atoms with E-state index < -0.39 is 43.5 Å². The van der Waals surface area contributed by atoms with Crippen LogP contribution in [-0.4, -0.2) is 55.5 Å². The average Bonchev–Trinajstić information content (AvgIpc) is 2.91. The fourth-order valence-corrected chi connectivity index (χ4v) is 5.06. The topological polar surface area (TPSA) is 82.1 Å². The standard InChI is InChI=1S/C24H37NO6Si/c1-22(2,3)30-21(28)25-18(19(26)29-7)16-24(20(25)27,15-17-13-11-10-12-14-17)31-32(8,9)23(4,5)6/h10-14,18H,15-16H2,1-9H3/t18-,24-/m1/s1. The molecule has 0 unspecified atom stereocenters. The molecule has 8 heteroatoms. The summed E-state index contributed by atoms with van der Waals surface area (Å²) in [6, 6.07) is 8.37. The second-order valence-electron chi connectivity index (χ2n) is 10.9. The summed E-state index contributed by atoms with van der Waals surface area (Å²) in [4.78, 5) is 40.5. The Hall–Kier alpha value is -2.19. The summed E-state index contributed by atoms with van der Waals surface area (Å²) >= 11 is 0. The first-order valence-electron chi connectivity index (χ1n) is 10.9. The number of methoxy groups -OCH3 is 1. The van der Waals surface area contributed by atoms with E-state index in [4.69, 9.17) is 13.9 Å². The zero-order valence-electron chi connectivity index (χ0n) is 20.8. The van der Waals surface area contributed by atoms with Crippen LogP contribution in [-0.2, 0) is 29.9 Å². The smallest absolute Gasteiger partial charge is 0.417 e. The fraction of sp³-hybridized carbons (Fsp3) is 0.625. The van der Waals surface area contributed by atoms with Crippen molar-refractivity contribution in [2.75, 3.05) is 7.11 Å². The van der Waals surface area contributed by atoms with E-state index in [1.54, 1.807) is 20.8 Å². The van der Waals surface area contributed by atoms with E-state index in [1.165, 1.54) is 7.11 Å². The molecule has 1 aromatic carbocycles. The third-order valence-corrected chi connectivity index (χ3v) is 10.6. The summed E-state index contributed by atoms with van der Waals surface area (Å²) in [5.74, 6) is -1.23. The number of esters is 1. The average molecular weight is 464 g/mol. The number of hydrogen-bond acceptors (Lipinski definition) is 6. The van der Waals surface area contributed by atoms with Gasteiger partial charge in [-0.3, -0.25) is 4.79 Å². The summed E-state index contributed by atoms with van der Waals surface area (Å²) < 4.78 is 17.2. The normalized spacial score (nSPS) is 22.1. The summed E-state index contributed by atoms with van der Waals surface area (Å²) in [6.07, 6.45) is -0.614. The maximum atomic E-state index is 13.9. The molecule has 2 rings (SSSR count). The number of carbonyl (C=O) groups is 3. The zero-order chi connectivity index (χ0) is 24.5. The summed E-state index contributed by atoms with van der Waals surface area (Å²) in [6.45, 7) is 15.5. The lowest BCUT2D eigenvalue weighted by molar-refractivity contribution is -0.149. The van der Waals surface area contributed by atoms with Crippen LogP contribution >= 0.6 is 0 Å². The molecule has 2 amide bonds. The Balaban J connectivity index is 2.59. The first-order valence-corrected chi connectivity index (χ1v) is 13.8. The van der Waals surface area contributed by atoms with Crippen LogP contribution in [0.1, 0.15) is 53.5 Å². The van der Waals surface area contributed by atoms with Crippen molar-refractivity contribution in [1.29, 1.82) is 0 Å². The molecule has 1 heterocycles. The number of likely N-dealkylation sites (tertiary alicyclic amines) is 1. The fourth-order valence-electron chi connectivity index (χ4n) is 3.53. The Morgan fingerprint density at radius 1 is 1.09 bits per heavy atom. The van der Waals surface area contributed by atoms with Crippen LogP contribution in [0.5, 0.6) is 0 Å². The van der Waals surface area contributed by atoms with Crippen LogP contribution in [0.2, 0.25) is 18.1 Å². The van der Waals surface area contributed by atoms with Gasteiger partial charge in [0.05, 0.1) is 7.11 Å². The van der Waals surface area contributed by atoms with Crippen molar-refractivity contribution >= 4 is 26.3 Å². The third-order valence-electron chi connectivity index (χ3n) is 6.10. The Bertz CT molecular complexity index is 855. The Morgan fingerprint density at radius 3 is 2.12 bits per heavy atom. The minimum absolute atomic E-state index is 0.0130. The lowest BCUT2D eigenvalue weighted by atomic mass is 9.91. The second kappa shape index (κ2) is 8.98. The molecule has 0 aliphatic carbocycles. The van der Waals surface area contributed by atoms with Crippen molar-refractivity contribution in [1.82, 2.24) is 4.90 Å². The number of ether oxygens (including phenoxy) is 2. The molecule has 32 heavy (non-hydrogen) atoms. The van der Waals surface area contributed by atoms with E-state index >= 15 is 0 Å². The van der Waals surface area contributed by atoms with Crippen molar-refractivity contribution in [2.45, 2.75) is 89.8 Å². The minimum atomic E-state index is -2.48. The van der Waals surface area contributed by atoms with Crippen LogP contribution < -0.4 is 0 Å². The van der Waals surface area contributed by atoms with Gasteiger partial charge in [0.2, 0.25) is 0 Å². The SMILES string of the molecule is COC(=O)[C@H]1C[C@@](Cc2ccccc2)(O[Si](C)(C)C(C)(C)C)C(=O)N1C(=O)OC(C)(C)C. The predicted molar refractivity (Wildman–Crippen MR) is 125 cm³/mol. The first kappa shape index (κ1) is 26.1. The molecule has 1 saturated heterocycles. The van der Waals surface area contributed by atoms with Gasteiger partial charge >= 0.3 is 12.1 Å². The Labute approximate surface area is 192 Å².